The number of rotatable bonds is 6. The predicted molar refractivity (Wildman–Crippen MR) is 78.7 cm³/mol. The maximum atomic E-state index is 11.0. The number of ether oxygens (including phenoxy) is 2. The minimum Gasteiger partial charge on any atom is -0.490 e. The molecule has 20 heavy (non-hydrogen) atoms. The van der Waals surface area contributed by atoms with Crippen molar-refractivity contribution in [3.05, 3.63) is 38.8 Å². The first-order valence-electron chi connectivity index (χ1n) is 5.81. The van der Waals surface area contributed by atoms with Crippen LogP contribution in [0.2, 0.25) is 0 Å². The van der Waals surface area contributed by atoms with Gasteiger partial charge in [0.2, 0.25) is 0 Å². The van der Waals surface area contributed by atoms with Gasteiger partial charge < -0.3 is 14.6 Å². The number of aromatic nitrogens is 1. The zero-order chi connectivity index (χ0) is 14.5. The Morgan fingerprint density at radius 3 is 2.85 bits per heavy atom. The highest BCUT2D eigenvalue weighted by molar-refractivity contribution is 9.10. The molecule has 0 saturated heterocycles. The monoisotopic (exact) mass is 357 g/mol. The van der Waals surface area contributed by atoms with E-state index in [0.29, 0.717) is 29.2 Å². The molecule has 1 heterocycles. The average molecular weight is 358 g/mol. The van der Waals surface area contributed by atoms with E-state index in [-0.39, 0.29) is 5.56 Å². The van der Waals surface area contributed by atoms with Crippen LogP contribution in [0.3, 0.4) is 0 Å². The second kappa shape index (κ2) is 6.71. The Hall–Kier alpha value is -1.60. The van der Waals surface area contributed by atoms with Crippen LogP contribution in [0.1, 0.15) is 22.2 Å². The number of carboxylic acid groups (broad SMARTS) is 1. The maximum absolute atomic E-state index is 11.0. The molecule has 0 spiro atoms. The van der Waals surface area contributed by atoms with Crippen LogP contribution in [0.4, 0.5) is 0 Å². The molecule has 0 radical (unpaired) electrons. The van der Waals surface area contributed by atoms with Gasteiger partial charge in [0.15, 0.2) is 11.5 Å². The van der Waals surface area contributed by atoms with Crippen LogP contribution in [0.5, 0.6) is 11.5 Å². The number of halogens is 1. The van der Waals surface area contributed by atoms with Crippen molar-refractivity contribution in [3.63, 3.8) is 0 Å². The minimum atomic E-state index is -1.01. The Morgan fingerprint density at radius 1 is 1.45 bits per heavy atom. The summed E-state index contributed by atoms with van der Waals surface area (Å²) in [6.07, 6.45) is 1.73. The van der Waals surface area contributed by atoms with Gasteiger partial charge in [0, 0.05) is 6.20 Å². The zero-order valence-corrected chi connectivity index (χ0v) is 13.0. The molecule has 0 saturated carbocycles. The number of hydrogen-bond donors (Lipinski definition) is 1. The van der Waals surface area contributed by atoms with E-state index in [2.05, 4.69) is 20.9 Å². The van der Waals surface area contributed by atoms with Gasteiger partial charge in [0.05, 0.1) is 27.0 Å². The summed E-state index contributed by atoms with van der Waals surface area (Å²) in [5, 5.41) is 9.05. The van der Waals surface area contributed by atoms with E-state index < -0.39 is 5.97 Å². The lowest BCUT2D eigenvalue weighted by molar-refractivity contribution is 0.0696. The molecule has 0 atom stereocenters. The second-order valence-electron chi connectivity index (χ2n) is 3.78. The molecule has 2 aromatic rings. The molecule has 0 aliphatic rings. The lowest BCUT2D eigenvalue weighted by Gasteiger charge is -2.14. The molecule has 1 N–H and O–H groups in total. The van der Waals surface area contributed by atoms with E-state index in [0.717, 1.165) is 4.88 Å². The molecule has 0 amide bonds. The molecule has 2 rings (SSSR count). The van der Waals surface area contributed by atoms with Crippen molar-refractivity contribution in [3.8, 4) is 11.5 Å². The fraction of sp³-hybridized carbons (Fsp3) is 0.231. The van der Waals surface area contributed by atoms with Crippen LogP contribution < -0.4 is 9.47 Å². The third-order valence-corrected chi connectivity index (χ3v) is 3.74. The summed E-state index contributed by atoms with van der Waals surface area (Å²) in [5.41, 5.74) is 1.87. The Balaban J connectivity index is 2.27. The van der Waals surface area contributed by atoms with E-state index in [9.17, 15) is 4.79 Å². The van der Waals surface area contributed by atoms with Gasteiger partial charge in [-0.1, -0.05) is 0 Å². The van der Waals surface area contributed by atoms with E-state index in [1.54, 1.807) is 11.7 Å². The standard InChI is InChI=1S/C13H12BrNO4S/c1-2-18-11-4-8(13(16)17)3-10(14)12(11)19-6-9-5-15-7-20-9/h3-5,7H,2,6H2,1H3,(H,16,17). The number of aromatic carboxylic acids is 1. The van der Waals surface area contributed by atoms with Gasteiger partial charge in [-0.05, 0) is 35.0 Å². The lowest BCUT2D eigenvalue weighted by atomic mass is 10.2. The SMILES string of the molecule is CCOc1cc(C(=O)O)cc(Br)c1OCc1cncs1. The van der Waals surface area contributed by atoms with Gasteiger partial charge in [-0.15, -0.1) is 11.3 Å². The summed E-state index contributed by atoms with van der Waals surface area (Å²) < 4.78 is 11.7. The molecular weight excluding hydrogens is 346 g/mol. The first kappa shape index (κ1) is 14.8. The molecular formula is C13H12BrNO4S. The molecule has 5 nitrogen and oxygen atoms in total. The van der Waals surface area contributed by atoms with Crippen molar-refractivity contribution in [1.29, 1.82) is 0 Å². The van der Waals surface area contributed by atoms with Crippen LogP contribution >= 0.6 is 27.3 Å². The fourth-order valence-corrected chi connectivity index (χ4v) is 2.61. The summed E-state index contributed by atoms with van der Waals surface area (Å²) in [6.45, 7) is 2.61. The van der Waals surface area contributed by atoms with Gasteiger partial charge in [-0.3, -0.25) is 4.98 Å². The van der Waals surface area contributed by atoms with Crippen molar-refractivity contribution in [1.82, 2.24) is 4.98 Å². The molecule has 7 heteroatoms. The van der Waals surface area contributed by atoms with Crippen LogP contribution in [0.15, 0.2) is 28.3 Å². The van der Waals surface area contributed by atoms with Crippen molar-refractivity contribution in [2.75, 3.05) is 6.61 Å². The highest BCUT2D eigenvalue weighted by Crippen LogP contribution is 2.37. The number of benzene rings is 1. The van der Waals surface area contributed by atoms with Crippen molar-refractivity contribution >= 4 is 33.2 Å². The number of carbonyl (C=O) groups is 1. The second-order valence-corrected chi connectivity index (χ2v) is 5.61. The van der Waals surface area contributed by atoms with Crippen molar-refractivity contribution in [2.24, 2.45) is 0 Å². The van der Waals surface area contributed by atoms with Gasteiger partial charge in [-0.2, -0.15) is 0 Å². The normalized spacial score (nSPS) is 10.3. The molecule has 1 aromatic heterocycles. The van der Waals surface area contributed by atoms with Crippen LogP contribution in [0, 0.1) is 0 Å². The largest absolute Gasteiger partial charge is 0.490 e. The Labute approximate surface area is 128 Å². The molecule has 0 bridgehead atoms. The molecule has 0 aliphatic carbocycles. The van der Waals surface area contributed by atoms with E-state index in [1.807, 2.05) is 6.92 Å². The summed E-state index contributed by atoms with van der Waals surface area (Å²) >= 11 is 4.81. The number of carboxylic acids is 1. The summed E-state index contributed by atoms with van der Waals surface area (Å²) in [7, 11) is 0. The van der Waals surface area contributed by atoms with Crippen molar-refractivity contribution in [2.45, 2.75) is 13.5 Å². The summed E-state index contributed by atoms with van der Waals surface area (Å²) in [4.78, 5) is 16.0. The van der Waals surface area contributed by atoms with E-state index in [1.165, 1.54) is 23.5 Å². The van der Waals surface area contributed by atoms with E-state index in [4.69, 9.17) is 14.6 Å². The molecule has 106 valence electrons. The lowest BCUT2D eigenvalue weighted by Crippen LogP contribution is -2.03. The third-order valence-electron chi connectivity index (χ3n) is 2.40. The van der Waals surface area contributed by atoms with Crippen LogP contribution in [-0.4, -0.2) is 22.7 Å². The topological polar surface area (TPSA) is 68.7 Å². The minimum absolute atomic E-state index is 0.144. The number of thiazole rings is 1. The fourth-order valence-electron chi connectivity index (χ4n) is 1.55. The van der Waals surface area contributed by atoms with Crippen LogP contribution in [-0.2, 0) is 6.61 Å². The van der Waals surface area contributed by atoms with Gasteiger partial charge in [0.25, 0.3) is 0 Å². The third kappa shape index (κ3) is 3.49. The molecule has 0 unspecified atom stereocenters. The Bertz CT molecular complexity index is 601. The van der Waals surface area contributed by atoms with Gasteiger partial charge in [-0.25, -0.2) is 4.79 Å². The highest BCUT2D eigenvalue weighted by Gasteiger charge is 2.15. The number of hydrogen-bond acceptors (Lipinski definition) is 5. The highest BCUT2D eigenvalue weighted by atomic mass is 79.9. The average Bonchev–Trinajstić information content (AvgIpc) is 2.91. The van der Waals surface area contributed by atoms with E-state index >= 15 is 0 Å². The first-order valence-corrected chi connectivity index (χ1v) is 7.49. The molecule has 0 aliphatic heterocycles. The quantitative estimate of drug-likeness (QED) is 0.855. The Morgan fingerprint density at radius 2 is 2.25 bits per heavy atom. The van der Waals surface area contributed by atoms with Gasteiger partial charge in [0.1, 0.15) is 6.61 Å². The summed E-state index contributed by atoms with van der Waals surface area (Å²) in [5.74, 6) is -0.116. The number of nitrogens with zero attached hydrogens (tertiary/aromatic N) is 1. The first-order chi connectivity index (χ1) is 9.61. The smallest absolute Gasteiger partial charge is 0.335 e. The zero-order valence-electron chi connectivity index (χ0n) is 10.6. The predicted octanol–water partition coefficient (Wildman–Crippen LogP) is 3.58. The maximum Gasteiger partial charge on any atom is 0.335 e. The molecule has 1 aromatic carbocycles. The Kier molecular flexibility index (Phi) is 4.97. The van der Waals surface area contributed by atoms with Crippen LogP contribution in [0.25, 0.3) is 0 Å². The molecule has 0 fully saturated rings. The van der Waals surface area contributed by atoms with Crippen molar-refractivity contribution < 1.29 is 19.4 Å². The van der Waals surface area contributed by atoms with Gasteiger partial charge >= 0.3 is 5.97 Å². The summed E-state index contributed by atoms with van der Waals surface area (Å²) in [6, 6.07) is 2.95.